The number of rotatable bonds is 2. The molecule has 0 unspecified atom stereocenters. The molecule has 0 bridgehead atoms. The van der Waals surface area contributed by atoms with Crippen molar-refractivity contribution < 1.29 is 14.0 Å². The van der Waals surface area contributed by atoms with E-state index in [0.717, 1.165) is 11.3 Å². The van der Waals surface area contributed by atoms with E-state index in [4.69, 9.17) is 4.42 Å². The standard InChI is InChI=1S/C19H17N5O3/c1-23-9-7-20-16(23)15-19(12-4-2-3-5-13(12)22-18(19)26)6-8-24(15)17(25)14-10-27-11-21-14/h2-5,7,9-11,15H,6,8H2,1H3,(H,22,26)/t15-,19+/m0/s1. The molecule has 2 aliphatic heterocycles. The van der Waals surface area contributed by atoms with Gasteiger partial charge in [-0.05, 0) is 18.1 Å². The molecule has 1 spiro atoms. The summed E-state index contributed by atoms with van der Waals surface area (Å²) in [5.74, 6) is 0.286. The lowest BCUT2D eigenvalue weighted by molar-refractivity contribution is -0.121. The lowest BCUT2D eigenvalue weighted by Crippen LogP contribution is -2.43. The van der Waals surface area contributed by atoms with Gasteiger partial charge in [-0.2, -0.15) is 0 Å². The normalized spacial score (nSPS) is 23.7. The van der Waals surface area contributed by atoms with Gasteiger partial charge in [0.05, 0.1) is 0 Å². The zero-order chi connectivity index (χ0) is 18.6. The fraction of sp³-hybridized carbons (Fsp3) is 0.263. The van der Waals surface area contributed by atoms with Gasteiger partial charge in [-0.1, -0.05) is 18.2 Å². The zero-order valence-corrected chi connectivity index (χ0v) is 14.6. The van der Waals surface area contributed by atoms with Crippen molar-refractivity contribution in [3.8, 4) is 0 Å². The van der Waals surface area contributed by atoms with Crippen LogP contribution < -0.4 is 5.32 Å². The number of likely N-dealkylation sites (tertiary alicyclic amines) is 1. The molecule has 1 N–H and O–H groups in total. The Hall–Kier alpha value is -3.42. The van der Waals surface area contributed by atoms with Crippen molar-refractivity contribution in [1.82, 2.24) is 19.4 Å². The molecule has 4 heterocycles. The molecule has 8 nitrogen and oxygen atoms in total. The van der Waals surface area contributed by atoms with Crippen LogP contribution in [0.2, 0.25) is 0 Å². The molecular formula is C19H17N5O3. The van der Waals surface area contributed by atoms with E-state index < -0.39 is 11.5 Å². The summed E-state index contributed by atoms with van der Waals surface area (Å²) in [5.41, 5.74) is 1.03. The Morgan fingerprint density at radius 1 is 1.33 bits per heavy atom. The number of nitrogens with zero attached hydrogens (tertiary/aromatic N) is 4. The summed E-state index contributed by atoms with van der Waals surface area (Å²) in [5, 5.41) is 2.99. The molecule has 0 aliphatic carbocycles. The Morgan fingerprint density at radius 3 is 2.93 bits per heavy atom. The molecule has 2 aliphatic rings. The summed E-state index contributed by atoms with van der Waals surface area (Å²) in [6.45, 7) is 0.422. The summed E-state index contributed by atoms with van der Waals surface area (Å²) in [7, 11) is 1.87. The highest BCUT2D eigenvalue weighted by molar-refractivity contribution is 6.08. The van der Waals surface area contributed by atoms with Crippen LogP contribution in [-0.4, -0.2) is 37.8 Å². The number of fused-ring (bicyclic) bond motifs is 2. The number of aryl methyl sites for hydroxylation is 1. The molecule has 5 rings (SSSR count). The summed E-state index contributed by atoms with van der Waals surface area (Å²) in [6.07, 6.45) is 6.56. The van der Waals surface area contributed by atoms with E-state index in [2.05, 4.69) is 15.3 Å². The Labute approximate surface area is 154 Å². The van der Waals surface area contributed by atoms with Crippen molar-refractivity contribution in [3.63, 3.8) is 0 Å². The molecule has 2 aromatic heterocycles. The summed E-state index contributed by atoms with van der Waals surface area (Å²) in [4.78, 5) is 36.5. The molecule has 1 aromatic carbocycles. The fourth-order valence-corrected chi connectivity index (χ4v) is 4.37. The monoisotopic (exact) mass is 363 g/mol. The number of nitrogens with one attached hydrogen (secondary N) is 1. The molecule has 0 saturated carbocycles. The van der Waals surface area contributed by atoms with Crippen LogP contribution in [0.25, 0.3) is 0 Å². The zero-order valence-electron chi connectivity index (χ0n) is 14.6. The van der Waals surface area contributed by atoms with E-state index in [0.29, 0.717) is 18.8 Å². The minimum Gasteiger partial charge on any atom is -0.451 e. The van der Waals surface area contributed by atoms with Gasteiger partial charge in [-0.15, -0.1) is 0 Å². The third-order valence-electron chi connectivity index (χ3n) is 5.60. The maximum atomic E-state index is 13.2. The van der Waals surface area contributed by atoms with Crippen molar-refractivity contribution >= 4 is 17.5 Å². The number of hydrogen-bond acceptors (Lipinski definition) is 5. The minimum absolute atomic E-state index is 0.104. The van der Waals surface area contributed by atoms with Crippen LogP contribution in [0.1, 0.15) is 34.3 Å². The average Bonchev–Trinajstić information content (AvgIpc) is 3.44. The first kappa shape index (κ1) is 15.8. The lowest BCUT2D eigenvalue weighted by atomic mass is 9.74. The fourth-order valence-electron chi connectivity index (χ4n) is 4.37. The topological polar surface area (TPSA) is 93.3 Å². The van der Waals surface area contributed by atoms with Gasteiger partial charge in [0.1, 0.15) is 23.5 Å². The van der Waals surface area contributed by atoms with E-state index >= 15 is 0 Å². The van der Waals surface area contributed by atoms with E-state index in [1.165, 1.54) is 12.7 Å². The van der Waals surface area contributed by atoms with Crippen molar-refractivity contribution in [2.75, 3.05) is 11.9 Å². The van der Waals surface area contributed by atoms with E-state index in [1.807, 2.05) is 42.1 Å². The maximum absolute atomic E-state index is 13.2. The van der Waals surface area contributed by atoms with Crippen molar-refractivity contribution in [3.05, 3.63) is 66.4 Å². The van der Waals surface area contributed by atoms with Crippen LogP contribution in [0, 0.1) is 0 Å². The van der Waals surface area contributed by atoms with Gasteiger partial charge in [-0.3, -0.25) is 9.59 Å². The minimum atomic E-state index is -0.880. The highest BCUT2D eigenvalue weighted by Crippen LogP contribution is 2.54. The lowest BCUT2D eigenvalue weighted by Gasteiger charge is -2.33. The average molecular weight is 363 g/mol. The second-order valence-corrected chi connectivity index (χ2v) is 6.89. The van der Waals surface area contributed by atoms with Crippen molar-refractivity contribution in [1.29, 1.82) is 0 Å². The molecule has 3 aromatic rings. The van der Waals surface area contributed by atoms with Crippen LogP contribution in [0.15, 0.2) is 53.7 Å². The van der Waals surface area contributed by atoms with Gasteiger partial charge in [0.15, 0.2) is 12.1 Å². The molecule has 27 heavy (non-hydrogen) atoms. The third kappa shape index (κ3) is 2.03. The highest BCUT2D eigenvalue weighted by Gasteiger charge is 2.60. The molecule has 1 fully saturated rings. The predicted octanol–water partition coefficient (Wildman–Crippen LogP) is 1.89. The molecule has 0 radical (unpaired) electrons. The van der Waals surface area contributed by atoms with E-state index in [9.17, 15) is 9.59 Å². The number of benzene rings is 1. The first-order valence-corrected chi connectivity index (χ1v) is 8.70. The van der Waals surface area contributed by atoms with Gasteiger partial charge < -0.3 is 19.2 Å². The van der Waals surface area contributed by atoms with Crippen LogP contribution in [0.5, 0.6) is 0 Å². The summed E-state index contributed by atoms with van der Waals surface area (Å²) < 4.78 is 6.84. The number of amides is 2. The number of imidazole rings is 1. The number of oxazole rings is 1. The molecule has 1 saturated heterocycles. The van der Waals surface area contributed by atoms with Gasteiger partial charge in [0.2, 0.25) is 5.91 Å². The molecule has 8 heteroatoms. The molecule has 2 amide bonds. The number of anilines is 1. The van der Waals surface area contributed by atoms with Gasteiger partial charge >= 0.3 is 0 Å². The Balaban J connectivity index is 1.70. The van der Waals surface area contributed by atoms with Crippen LogP contribution >= 0.6 is 0 Å². The van der Waals surface area contributed by atoms with Crippen LogP contribution in [0.4, 0.5) is 5.69 Å². The molecule has 2 atom stereocenters. The summed E-state index contributed by atoms with van der Waals surface area (Å²) in [6, 6.07) is 7.11. The van der Waals surface area contributed by atoms with Gasteiger partial charge in [-0.25, -0.2) is 9.97 Å². The second-order valence-electron chi connectivity index (χ2n) is 6.89. The number of carbonyl (C=O) groups excluding carboxylic acids is 2. The van der Waals surface area contributed by atoms with E-state index in [-0.39, 0.29) is 17.5 Å². The van der Waals surface area contributed by atoms with Crippen molar-refractivity contribution in [2.24, 2.45) is 7.05 Å². The smallest absolute Gasteiger partial charge is 0.276 e. The Kier molecular flexibility index (Phi) is 3.24. The first-order chi connectivity index (χ1) is 13.1. The molecular weight excluding hydrogens is 346 g/mol. The predicted molar refractivity (Wildman–Crippen MR) is 94.9 cm³/mol. The highest BCUT2D eigenvalue weighted by atomic mass is 16.3. The Morgan fingerprint density at radius 2 is 2.19 bits per heavy atom. The van der Waals surface area contributed by atoms with Gasteiger partial charge in [0.25, 0.3) is 5.91 Å². The third-order valence-corrected chi connectivity index (χ3v) is 5.60. The van der Waals surface area contributed by atoms with Crippen LogP contribution in [0.3, 0.4) is 0 Å². The number of aromatic nitrogens is 3. The first-order valence-electron chi connectivity index (χ1n) is 8.70. The van der Waals surface area contributed by atoms with Gasteiger partial charge in [0, 0.05) is 31.7 Å². The largest absolute Gasteiger partial charge is 0.451 e. The molecule has 136 valence electrons. The van der Waals surface area contributed by atoms with E-state index in [1.54, 1.807) is 11.1 Å². The van der Waals surface area contributed by atoms with Crippen molar-refractivity contribution in [2.45, 2.75) is 17.9 Å². The second kappa shape index (κ2) is 5.54. The SMILES string of the molecule is Cn1ccnc1[C@@H]1N(C(=O)c2cocn2)CC[C@]12C(=O)Nc1ccccc12. The number of para-hydroxylation sites is 1. The number of hydrogen-bond donors (Lipinski definition) is 1. The van der Waals surface area contributed by atoms with Crippen LogP contribution in [-0.2, 0) is 17.3 Å². The maximum Gasteiger partial charge on any atom is 0.276 e. The quantitative estimate of drug-likeness (QED) is 0.750. The Bertz CT molecular complexity index is 1040. The summed E-state index contributed by atoms with van der Waals surface area (Å²) >= 11 is 0. The number of carbonyl (C=O) groups is 2.